The Balaban J connectivity index is 2.91. The molecule has 0 saturated carbocycles. The van der Waals surface area contributed by atoms with Crippen LogP contribution >= 0.6 is 0 Å². The van der Waals surface area contributed by atoms with Crippen molar-refractivity contribution in [3.8, 4) is 0 Å². The highest BCUT2D eigenvalue weighted by molar-refractivity contribution is 7.89. The van der Waals surface area contributed by atoms with Crippen molar-refractivity contribution in [1.29, 1.82) is 0 Å². The lowest BCUT2D eigenvalue weighted by Crippen LogP contribution is -2.29. The van der Waals surface area contributed by atoms with Gasteiger partial charge >= 0.3 is 0 Å². The monoisotopic (exact) mass is 396 g/mol. The van der Waals surface area contributed by atoms with E-state index >= 15 is 0 Å². The first-order chi connectivity index (χ1) is 11.8. The van der Waals surface area contributed by atoms with Gasteiger partial charge in [-0.25, -0.2) is 27.1 Å². The van der Waals surface area contributed by atoms with Crippen LogP contribution in [0.2, 0.25) is 0 Å². The fraction of sp³-hybridized carbons (Fsp3) is 0.333. The van der Waals surface area contributed by atoms with Gasteiger partial charge in [-0.05, 0) is 28.7 Å². The van der Waals surface area contributed by atoms with Crippen LogP contribution in [0.4, 0.5) is 0 Å². The second-order valence-corrected chi connectivity index (χ2v) is 10.1. The summed E-state index contributed by atoms with van der Waals surface area (Å²) in [5, 5.41) is 10.9. The van der Waals surface area contributed by atoms with Crippen LogP contribution in [0, 0.1) is 0 Å². The van der Waals surface area contributed by atoms with Crippen molar-refractivity contribution in [3.05, 3.63) is 59.2 Å². The third kappa shape index (κ3) is 3.83. The fourth-order valence-corrected chi connectivity index (χ4v) is 5.36. The summed E-state index contributed by atoms with van der Waals surface area (Å²) >= 11 is 0. The normalized spacial score (nSPS) is 13.2. The molecule has 2 aromatic carbocycles. The van der Waals surface area contributed by atoms with Crippen LogP contribution in [-0.2, 0) is 25.5 Å². The average molecular weight is 397 g/mol. The Morgan fingerprint density at radius 1 is 0.808 bits per heavy atom. The Morgan fingerprint density at radius 2 is 1.35 bits per heavy atom. The topological polar surface area (TPSA) is 120 Å². The highest BCUT2D eigenvalue weighted by Gasteiger charge is 2.34. The Bertz CT molecular complexity index is 1040. The minimum absolute atomic E-state index is 0.0317. The SMILES string of the molecule is CC(C)c1cccc(C(C)(C)c2ccccc2S(N)(=O)=O)c1S(N)(=O)=O. The van der Waals surface area contributed by atoms with E-state index in [0.29, 0.717) is 16.7 Å². The molecule has 4 N–H and O–H groups in total. The summed E-state index contributed by atoms with van der Waals surface area (Å²) in [5.41, 5.74) is 0.470. The number of primary sulfonamides is 2. The van der Waals surface area contributed by atoms with Crippen LogP contribution in [0.15, 0.2) is 52.3 Å². The largest absolute Gasteiger partial charge is 0.238 e. The van der Waals surface area contributed by atoms with Gasteiger partial charge in [-0.2, -0.15) is 0 Å². The molecule has 0 aromatic heterocycles. The van der Waals surface area contributed by atoms with Gasteiger partial charge in [-0.1, -0.05) is 64.1 Å². The fourth-order valence-electron chi connectivity index (χ4n) is 3.20. The van der Waals surface area contributed by atoms with E-state index in [4.69, 9.17) is 10.3 Å². The van der Waals surface area contributed by atoms with E-state index < -0.39 is 25.5 Å². The van der Waals surface area contributed by atoms with Crippen molar-refractivity contribution in [2.75, 3.05) is 0 Å². The standard InChI is InChI=1S/C18H24N2O4S2/c1-12(2)13-8-7-10-15(17(13)26(20,23)24)18(3,4)14-9-5-6-11-16(14)25(19,21)22/h5-12H,1-4H3,(H2,19,21,22)(H2,20,23,24). The average Bonchev–Trinajstić information content (AvgIpc) is 2.52. The molecular weight excluding hydrogens is 372 g/mol. The Kier molecular flexibility index (Phi) is 5.36. The first kappa shape index (κ1) is 20.6. The maximum absolute atomic E-state index is 12.4. The van der Waals surface area contributed by atoms with Crippen molar-refractivity contribution in [2.24, 2.45) is 10.3 Å². The molecule has 0 unspecified atom stereocenters. The molecule has 0 saturated heterocycles. The summed E-state index contributed by atoms with van der Waals surface area (Å²) in [7, 11) is -8.01. The van der Waals surface area contributed by atoms with Crippen molar-refractivity contribution in [2.45, 2.75) is 48.8 Å². The van der Waals surface area contributed by atoms with Crippen molar-refractivity contribution in [3.63, 3.8) is 0 Å². The molecule has 0 atom stereocenters. The zero-order chi connectivity index (χ0) is 19.9. The van der Waals surface area contributed by atoms with E-state index in [2.05, 4.69) is 0 Å². The van der Waals surface area contributed by atoms with E-state index in [1.165, 1.54) is 6.07 Å². The molecule has 142 valence electrons. The number of rotatable bonds is 5. The molecule has 0 amide bonds. The number of sulfonamides is 2. The zero-order valence-corrected chi connectivity index (χ0v) is 16.9. The van der Waals surface area contributed by atoms with Crippen molar-refractivity contribution < 1.29 is 16.8 Å². The summed E-state index contributed by atoms with van der Waals surface area (Å²) in [4.78, 5) is -0.00968. The van der Waals surface area contributed by atoms with Gasteiger partial charge in [-0.15, -0.1) is 0 Å². The minimum atomic E-state index is -4.03. The predicted octanol–water partition coefficient (Wildman–Crippen LogP) is 2.43. The van der Waals surface area contributed by atoms with Gasteiger partial charge in [0.25, 0.3) is 0 Å². The summed E-state index contributed by atoms with van der Waals surface area (Å²) in [5.74, 6) is -0.0763. The predicted molar refractivity (Wildman–Crippen MR) is 102 cm³/mol. The summed E-state index contributed by atoms with van der Waals surface area (Å²) in [6.07, 6.45) is 0. The zero-order valence-electron chi connectivity index (χ0n) is 15.2. The quantitative estimate of drug-likeness (QED) is 0.806. The first-order valence-corrected chi connectivity index (χ1v) is 11.2. The lowest BCUT2D eigenvalue weighted by molar-refractivity contribution is 0.568. The second-order valence-electron chi connectivity index (χ2n) is 7.09. The third-order valence-corrected chi connectivity index (χ3v) is 6.49. The van der Waals surface area contributed by atoms with Gasteiger partial charge in [0, 0.05) is 5.41 Å². The molecule has 2 rings (SSSR count). The number of hydrogen-bond acceptors (Lipinski definition) is 4. The van der Waals surface area contributed by atoms with Crippen LogP contribution in [0.1, 0.15) is 50.3 Å². The molecule has 0 spiro atoms. The molecule has 0 bridgehead atoms. The van der Waals surface area contributed by atoms with Gasteiger partial charge in [0.05, 0.1) is 9.79 Å². The van der Waals surface area contributed by atoms with E-state index in [0.717, 1.165) is 0 Å². The molecule has 0 aliphatic heterocycles. The molecule has 8 heteroatoms. The molecular formula is C18H24N2O4S2. The lowest BCUT2D eigenvalue weighted by atomic mass is 9.77. The summed E-state index contributed by atoms with van der Waals surface area (Å²) in [6, 6.07) is 11.4. The molecule has 0 fully saturated rings. The maximum Gasteiger partial charge on any atom is 0.238 e. The van der Waals surface area contributed by atoms with Gasteiger partial charge in [0.15, 0.2) is 0 Å². The van der Waals surface area contributed by atoms with Gasteiger partial charge in [0.2, 0.25) is 20.0 Å². The van der Waals surface area contributed by atoms with Crippen LogP contribution in [0.25, 0.3) is 0 Å². The van der Waals surface area contributed by atoms with Crippen LogP contribution in [0.3, 0.4) is 0 Å². The van der Waals surface area contributed by atoms with Crippen molar-refractivity contribution >= 4 is 20.0 Å². The molecule has 0 radical (unpaired) electrons. The van der Waals surface area contributed by atoms with Crippen molar-refractivity contribution in [1.82, 2.24) is 0 Å². The van der Waals surface area contributed by atoms with E-state index in [1.54, 1.807) is 50.2 Å². The van der Waals surface area contributed by atoms with Gasteiger partial charge in [-0.3, -0.25) is 0 Å². The molecule has 0 heterocycles. The number of benzene rings is 2. The number of nitrogens with two attached hydrogens (primary N) is 2. The molecule has 26 heavy (non-hydrogen) atoms. The van der Waals surface area contributed by atoms with Crippen LogP contribution in [0.5, 0.6) is 0 Å². The second kappa shape index (κ2) is 6.77. The van der Waals surface area contributed by atoms with E-state index in [1.807, 2.05) is 13.8 Å². The Hall–Kier alpha value is -1.74. The first-order valence-electron chi connectivity index (χ1n) is 8.06. The highest BCUT2D eigenvalue weighted by atomic mass is 32.2. The molecule has 0 aliphatic carbocycles. The van der Waals surface area contributed by atoms with Gasteiger partial charge < -0.3 is 0 Å². The Labute approximate surface area is 155 Å². The maximum atomic E-state index is 12.4. The summed E-state index contributed by atoms with van der Waals surface area (Å²) < 4.78 is 48.8. The lowest BCUT2D eigenvalue weighted by Gasteiger charge is -2.31. The molecule has 0 aliphatic rings. The third-order valence-electron chi connectivity index (χ3n) is 4.49. The summed E-state index contributed by atoms with van der Waals surface area (Å²) in [6.45, 7) is 7.26. The van der Waals surface area contributed by atoms with E-state index in [-0.39, 0.29) is 15.7 Å². The van der Waals surface area contributed by atoms with E-state index in [9.17, 15) is 16.8 Å². The Morgan fingerprint density at radius 3 is 1.85 bits per heavy atom. The van der Waals surface area contributed by atoms with Crippen LogP contribution < -0.4 is 10.3 Å². The minimum Gasteiger partial charge on any atom is -0.225 e. The smallest absolute Gasteiger partial charge is 0.225 e. The molecule has 6 nitrogen and oxygen atoms in total. The molecule has 2 aromatic rings. The van der Waals surface area contributed by atoms with Crippen LogP contribution in [-0.4, -0.2) is 16.8 Å². The highest BCUT2D eigenvalue weighted by Crippen LogP contribution is 2.40. The van der Waals surface area contributed by atoms with Gasteiger partial charge in [0.1, 0.15) is 0 Å². The number of hydrogen-bond donors (Lipinski definition) is 2.